The van der Waals surface area contributed by atoms with Crippen molar-refractivity contribution in [2.75, 3.05) is 20.2 Å². The first-order valence-electron chi connectivity index (χ1n) is 4.57. The molecule has 0 aromatic carbocycles. The smallest absolute Gasteiger partial charge is 0.334 e. The second-order valence-electron chi connectivity index (χ2n) is 3.91. The summed E-state index contributed by atoms with van der Waals surface area (Å²) in [5, 5.41) is 8.73. The quantitative estimate of drug-likeness (QED) is 0.681. The van der Waals surface area contributed by atoms with Crippen LogP contribution < -0.4 is 0 Å². The van der Waals surface area contributed by atoms with Gasteiger partial charge in [0.05, 0.1) is 6.61 Å². The topological polar surface area (TPSA) is 49.8 Å². The van der Waals surface area contributed by atoms with Gasteiger partial charge < -0.3 is 9.84 Å². The van der Waals surface area contributed by atoms with Crippen LogP contribution in [0.1, 0.15) is 13.8 Å². The molecule has 4 heteroatoms. The number of hydrogen-bond donors (Lipinski definition) is 1. The van der Waals surface area contributed by atoms with Crippen LogP contribution in [-0.2, 0) is 9.53 Å². The molecule has 0 aromatic rings. The molecule has 4 nitrogen and oxygen atoms in total. The summed E-state index contributed by atoms with van der Waals surface area (Å²) in [7, 11) is 1.95. The van der Waals surface area contributed by atoms with Gasteiger partial charge >= 0.3 is 5.97 Å². The van der Waals surface area contributed by atoms with Gasteiger partial charge in [0, 0.05) is 12.6 Å². The Bertz CT molecular complexity index is 193. The maximum atomic E-state index is 10.6. The number of hydrogen-bond acceptors (Lipinski definition) is 3. The zero-order valence-corrected chi connectivity index (χ0v) is 8.36. The Balaban J connectivity index is 2.51. The number of rotatable bonds is 2. The first-order valence-corrected chi connectivity index (χ1v) is 4.57. The molecular weight excluding hydrogens is 170 g/mol. The molecule has 1 heterocycles. The molecule has 0 radical (unpaired) electrons. The number of aliphatic carboxylic acids is 1. The minimum absolute atomic E-state index is 0.343. The van der Waals surface area contributed by atoms with Crippen molar-refractivity contribution in [2.45, 2.75) is 26.0 Å². The minimum Gasteiger partial charge on any atom is -0.479 e. The van der Waals surface area contributed by atoms with Gasteiger partial charge in [-0.3, -0.25) is 4.90 Å². The lowest BCUT2D eigenvalue weighted by molar-refractivity contribution is -0.159. The average molecular weight is 187 g/mol. The van der Waals surface area contributed by atoms with E-state index in [-0.39, 0.29) is 0 Å². The van der Waals surface area contributed by atoms with Crippen LogP contribution in [0.3, 0.4) is 0 Å². The van der Waals surface area contributed by atoms with Gasteiger partial charge in [0.1, 0.15) is 0 Å². The molecule has 1 saturated heterocycles. The zero-order valence-electron chi connectivity index (χ0n) is 8.36. The van der Waals surface area contributed by atoms with Crippen LogP contribution >= 0.6 is 0 Å². The third kappa shape index (κ3) is 2.42. The number of carboxylic acid groups (broad SMARTS) is 1. The maximum Gasteiger partial charge on any atom is 0.334 e. The second-order valence-corrected chi connectivity index (χ2v) is 3.91. The third-order valence-electron chi connectivity index (χ3n) is 2.53. The van der Waals surface area contributed by atoms with Crippen LogP contribution in [0, 0.1) is 5.92 Å². The molecule has 1 fully saturated rings. The van der Waals surface area contributed by atoms with Crippen molar-refractivity contribution in [1.29, 1.82) is 0 Å². The van der Waals surface area contributed by atoms with Gasteiger partial charge in [-0.05, 0) is 13.0 Å². The fourth-order valence-corrected chi connectivity index (χ4v) is 1.64. The largest absolute Gasteiger partial charge is 0.479 e. The summed E-state index contributed by atoms with van der Waals surface area (Å²) < 4.78 is 5.24. The number of morpholine rings is 1. The van der Waals surface area contributed by atoms with Crippen LogP contribution in [0.25, 0.3) is 0 Å². The Hall–Kier alpha value is -0.610. The van der Waals surface area contributed by atoms with Gasteiger partial charge in [0.25, 0.3) is 0 Å². The van der Waals surface area contributed by atoms with Crippen molar-refractivity contribution in [3.63, 3.8) is 0 Å². The molecule has 1 rings (SSSR count). The standard InChI is InChI=1S/C9H17NO3/c1-6(2)7-5-13-8(9(11)12)4-10(7)3/h6-8H,4-5H2,1-3H3,(H,11,12). The lowest BCUT2D eigenvalue weighted by atomic mass is 10.0. The number of ether oxygens (including phenoxy) is 1. The summed E-state index contributed by atoms with van der Waals surface area (Å²) in [5.74, 6) is -0.367. The molecule has 0 saturated carbocycles. The molecule has 2 atom stereocenters. The summed E-state index contributed by atoms with van der Waals surface area (Å²) in [6.07, 6.45) is -0.653. The van der Waals surface area contributed by atoms with E-state index < -0.39 is 12.1 Å². The molecule has 0 aliphatic carbocycles. The highest BCUT2D eigenvalue weighted by Gasteiger charge is 2.31. The van der Waals surface area contributed by atoms with E-state index in [1.165, 1.54) is 0 Å². The number of carbonyl (C=O) groups is 1. The minimum atomic E-state index is -0.867. The average Bonchev–Trinajstić information content (AvgIpc) is 2.03. The molecule has 1 N–H and O–H groups in total. The van der Waals surface area contributed by atoms with Gasteiger partial charge in [-0.2, -0.15) is 0 Å². The lowest BCUT2D eigenvalue weighted by Gasteiger charge is -2.37. The van der Waals surface area contributed by atoms with Gasteiger partial charge in [-0.25, -0.2) is 4.79 Å². The van der Waals surface area contributed by atoms with Crippen LogP contribution in [0.4, 0.5) is 0 Å². The van der Waals surface area contributed by atoms with E-state index >= 15 is 0 Å². The van der Waals surface area contributed by atoms with Gasteiger partial charge in [-0.15, -0.1) is 0 Å². The van der Waals surface area contributed by atoms with Crippen molar-refractivity contribution in [1.82, 2.24) is 4.90 Å². The highest BCUT2D eigenvalue weighted by Crippen LogP contribution is 2.16. The molecule has 0 aromatic heterocycles. The van der Waals surface area contributed by atoms with Crippen LogP contribution in [0.2, 0.25) is 0 Å². The van der Waals surface area contributed by atoms with Gasteiger partial charge in [0.15, 0.2) is 6.10 Å². The Morgan fingerprint density at radius 1 is 1.62 bits per heavy atom. The van der Waals surface area contributed by atoms with E-state index in [4.69, 9.17) is 9.84 Å². The number of carboxylic acids is 1. The highest BCUT2D eigenvalue weighted by atomic mass is 16.5. The van der Waals surface area contributed by atoms with Crippen LogP contribution in [0.5, 0.6) is 0 Å². The first kappa shape index (κ1) is 10.5. The molecule has 1 aliphatic rings. The highest BCUT2D eigenvalue weighted by molar-refractivity contribution is 5.72. The molecular formula is C9H17NO3. The molecule has 13 heavy (non-hydrogen) atoms. The number of likely N-dealkylation sites (N-methyl/N-ethyl adjacent to an activating group) is 1. The normalized spacial score (nSPS) is 30.8. The van der Waals surface area contributed by atoms with Crippen molar-refractivity contribution in [2.24, 2.45) is 5.92 Å². The molecule has 0 bridgehead atoms. The predicted octanol–water partition coefficient (Wildman–Crippen LogP) is 0.426. The van der Waals surface area contributed by atoms with Crippen molar-refractivity contribution >= 4 is 5.97 Å². The van der Waals surface area contributed by atoms with Gasteiger partial charge in [-0.1, -0.05) is 13.8 Å². The SMILES string of the molecule is CC(C)C1COC(C(=O)O)CN1C. The van der Waals surface area contributed by atoms with E-state index in [2.05, 4.69) is 18.7 Å². The van der Waals surface area contributed by atoms with E-state index in [0.717, 1.165) is 0 Å². The number of nitrogens with zero attached hydrogens (tertiary/aromatic N) is 1. The molecule has 0 spiro atoms. The fraction of sp³-hybridized carbons (Fsp3) is 0.889. The molecule has 2 unspecified atom stereocenters. The zero-order chi connectivity index (χ0) is 10.0. The Labute approximate surface area is 78.5 Å². The molecule has 76 valence electrons. The predicted molar refractivity (Wildman–Crippen MR) is 48.6 cm³/mol. The first-order chi connectivity index (χ1) is 6.02. The van der Waals surface area contributed by atoms with E-state index in [9.17, 15) is 4.79 Å². The second kappa shape index (κ2) is 4.07. The summed E-state index contributed by atoms with van der Waals surface area (Å²) in [5.41, 5.74) is 0. The van der Waals surface area contributed by atoms with Crippen LogP contribution in [-0.4, -0.2) is 48.3 Å². The van der Waals surface area contributed by atoms with Crippen molar-refractivity contribution < 1.29 is 14.6 Å². The van der Waals surface area contributed by atoms with Crippen LogP contribution in [0.15, 0.2) is 0 Å². The summed E-state index contributed by atoms with van der Waals surface area (Å²) in [4.78, 5) is 12.7. The Morgan fingerprint density at radius 2 is 2.23 bits per heavy atom. The van der Waals surface area contributed by atoms with Crippen molar-refractivity contribution in [3.05, 3.63) is 0 Å². The molecule has 1 aliphatic heterocycles. The fourth-order valence-electron chi connectivity index (χ4n) is 1.64. The van der Waals surface area contributed by atoms with E-state index in [1.54, 1.807) is 0 Å². The maximum absolute atomic E-state index is 10.6. The summed E-state index contributed by atoms with van der Waals surface area (Å²) in [6.45, 7) is 5.24. The summed E-state index contributed by atoms with van der Waals surface area (Å²) in [6, 6.07) is 0.343. The lowest BCUT2D eigenvalue weighted by Crippen LogP contribution is -2.52. The Kier molecular flexibility index (Phi) is 3.27. The monoisotopic (exact) mass is 187 g/mol. The Morgan fingerprint density at radius 3 is 2.62 bits per heavy atom. The van der Waals surface area contributed by atoms with E-state index in [1.807, 2.05) is 7.05 Å². The summed E-state index contributed by atoms with van der Waals surface area (Å²) >= 11 is 0. The molecule has 0 amide bonds. The third-order valence-corrected chi connectivity index (χ3v) is 2.53. The van der Waals surface area contributed by atoms with Crippen molar-refractivity contribution in [3.8, 4) is 0 Å². The van der Waals surface area contributed by atoms with Gasteiger partial charge in [0.2, 0.25) is 0 Å². The van der Waals surface area contributed by atoms with E-state index in [0.29, 0.717) is 25.1 Å².